The van der Waals surface area contributed by atoms with Gasteiger partial charge in [-0.3, -0.25) is 22.7 Å². The molecule has 4 aromatic rings. The molecule has 0 spiro atoms. The highest BCUT2D eigenvalue weighted by molar-refractivity contribution is 8.07. The number of nitrogens with zero attached hydrogens (tertiary/aromatic N) is 8. The number of phosphoric ester groups is 1. The van der Waals surface area contributed by atoms with Gasteiger partial charge in [-0.1, -0.05) is 0 Å². The van der Waals surface area contributed by atoms with Crippen LogP contribution in [0.1, 0.15) is 12.5 Å². The molecule has 7 heterocycles. The van der Waals surface area contributed by atoms with Crippen LogP contribution >= 0.6 is 14.5 Å². The Morgan fingerprint density at radius 3 is 2.05 bits per heavy atom. The number of imidazole rings is 2. The molecule has 0 amide bonds. The number of anilines is 2. The third-order valence-corrected chi connectivity index (χ3v) is 9.76. The molecule has 24 heteroatoms. The van der Waals surface area contributed by atoms with Crippen molar-refractivity contribution >= 4 is 60.3 Å². The van der Waals surface area contributed by atoms with Gasteiger partial charge in [0.15, 0.2) is 41.6 Å². The monoisotopic (exact) mass is 676 g/mol. The van der Waals surface area contributed by atoms with E-state index in [-0.39, 0.29) is 34.0 Å². The van der Waals surface area contributed by atoms with Crippen LogP contribution in [0.3, 0.4) is 0 Å². The predicted molar refractivity (Wildman–Crippen MR) is 146 cm³/mol. The minimum atomic E-state index is -5.05. The molecule has 3 aliphatic rings. The Bertz CT molecular complexity index is 1830. The number of rotatable bonds is 2. The summed E-state index contributed by atoms with van der Waals surface area (Å²) in [7, 11) is -5.05. The highest BCUT2D eigenvalue weighted by Gasteiger charge is 2.54. The molecule has 0 aliphatic carbocycles. The average Bonchev–Trinajstić information content (AvgIpc) is 3.73. The maximum Gasteiger partial charge on any atom is 0.472 e. The van der Waals surface area contributed by atoms with Crippen LogP contribution in [0.2, 0.25) is 0 Å². The average molecular weight is 676 g/mol. The smallest absolute Gasteiger partial charge is 0.387 e. The molecule has 10 atom stereocenters. The van der Waals surface area contributed by atoms with Crippen molar-refractivity contribution in [3.63, 3.8) is 0 Å². The summed E-state index contributed by atoms with van der Waals surface area (Å²) in [6.07, 6.45) is -7.61. The number of alkyl halides is 1. The van der Waals surface area contributed by atoms with Gasteiger partial charge in [0.25, 0.3) is 0 Å². The Hall–Kier alpha value is -2.85. The Morgan fingerprint density at radius 1 is 0.841 bits per heavy atom. The zero-order valence-corrected chi connectivity index (χ0v) is 24.6. The van der Waals surface area contributed by atoms with Gasteiger partial charge in [-0.2, -0.15) is 0 Å². The lowest BCUT2D eigenvalue weighted by Gasteiger charge is -2.27. The molecule has 3 aliphatic heterocycles. The summed E-state index contributed by atoms with van der Waals surface area (Å²) < 4.78 is 64.7. The van der Waals surface area contributed by atoms with Gasteiger partial charge in [-0.15, -0.1) is 0 Å². The van der Waals surface area contributed by atoms with E-state index >= 15 is 4.39 Å². The topological polar surface area (TPSA) is 272 Å². The lowest BCUT2D eigenvalue weighted by atomic mass is 10.1. The second-order valence-electron chi connectivity index (χ2n) is 9.90. The highest BCUT2D eigenvalue weighted by Crippen LogP contribution is 2.54. The van der Waals surface area contributed by atoms with Crippen molar-refractivity contribution in [3.8, 4) is 0 Å². The number of aromatic nitrogens is 8. The Morgan fingerprint density at radius 2 is 1.41 bits per heavy atom. The minimum Gasteiger partial charge on any atom is -0.387 e. The van der Waals surface area contributed by atoms with E-state index in [4.69, 9.17) is 50.8 Å². The predicted octanol–water partition coefficient (Wildman–Crippen LogP) is -0.541. The molecule has 2 bridgehead atoms. The van der Waals surface area contributed by atoms with Crippen molar-refractivity contribution in [2.45, 2.75) is 49.1 Å². The number of ether oxygens (including phenoxy) is 2. The first-order valence-electron chi connectivity index (χ1n) is 12.7. The molecule has 3 fully saturated rings. The molecule has 7 rings (SSSR count). The first-order chi connectivity index (χ1) is 20.9. The standard InChI is InChI=1S/C20H23FN10O10P2S/c21-9-13-8(39-19(9)30-5-28-10-15(22)24-3-26-17(10)30)2-37-43(35,44)41-14-12(32)7(1-36-42(33,34)40-13)38-20(14)31-6-29-11-16(23)25-4-27-18(11)31/h3-9,12-14,19-20,32H,1-2H2,(H,33,34)(H,35,44)(H2,22,24,26)(H2,23,25,27)/t7-,8-,9+,12?,13?,14+,19-,20-,43?/m1/s1. The number of halogens is 1. The van der Waals surface area contributed by atoms with Gasteiger partial charge >= 0.3 is 14.5 Å². The number of hydrogen-bond acceptors (Lipinski definition) is 17. The molecule has 0 radical (unpaired) electrons. The van der Waals surface area contributed by atoms with Crippen LogP contribution in [0.5, 0.6) is 0 Å². The summed E-state index contributed by atoms with van der Waals surface area (Å²) in [5.74, 6) is 0.101. The van der Waals surface area contributed by atoms with Gasteiger partial charge in [-0.25, -0.2) is 38.9 Å². The number of hydrogen-bond donors (Lipinski definition) is 5. The van der Waals surface area contributed by atoms with E-state index in [9.17, 15) is 19.5 Å². The number of phosphoric acid groups is 1. The van der Waals surface area contributed by atoms with Crippen LogP contribution in [-0.2, 0) is 43.9 Å². The number of aliphatic hydroxyl groups is 1. The molecule has 4 unspecified atom stereocenters. The molecule has 3 saturated heterocycles. The second-order valence-corrected chi connectivity index (χ2v) is 14.1. The molecule has 0 aromatic carbocycles. The van der Waals surface area contributed by atoms with Gasteiger partial charge in [0, 0.05) is 0 Å². The van der Waals surface area contributed by atoms with Crippen molar-refractivity contribution in [1.82, 2.24) is 39.0 Å². The third-order valence-electron chi connectivity index (χ3n) is 7.22. The fourth-order valence-electron chi connectivity index (χ4n) is 5.19. The summed E-state index contributed by atoms with van der Waals surface area (Å²) in [5.41, 5.74) is 12.4. The summed E-state index contributed by atoms with van der Waals surface area (Å²) in [6.45, 7) is -5.66. The summed E-state index contributed by atoms with van der Waals surface area (Å²) in [5, 5.41) is 11.1. The zero-order chi connectivity index (χ0) is 31.0. The van der Waals surface area contributed by atoms with E-state index in [0.29, 0.717) is 0 Å². The van der Waals surface area contributed by atoms with Crippen LogP contribution in [-0.4, -0.2) is 104 Å². The van der Waals surface area contributed by atoms with Gasteiger partial charge in [0.2, 0.25) is 0 Å². The fraction of sp³-hybridized carbons (Fsp3) is 0.500. The van der Waals surface area contributed by atoms with Crippen LogP contribution < -0.4 is 11.5 Å². The number of fused-ring (bicyclic) bond motifs is 5. The van der Waals surface area contributed by atoms with Gasteiger partial charge in [0.05, 0.1) is 25.9 Å². The van der Waals surface area contributed by atoms with Crippen molar-refractivity contribution in [2.75, 3.05) is 24.7 Å². The lowest BCUT2D eigenvalue weighted by Crippen LogP contribution is -2.35. The van der Waals surface area contributed by atoms with Crippen LogP contribution in [0.4, 0.5) is 16.0 Å². The Kier molecular flexibility index (Phi) is 7.39. The summed E-state index contributed by atoms with van der Waals surface area (Å²) >= 11 is 5.21. The van der Waals surface area contributed by atoms with E-state index in [1.54, 1.807) is 0 Å². The van der Waals surface area contributed by atoms with Crippen molar-refractivity contribution in [2.24, 2.45) is 0 Å². The first kappa shape index (κ1) is 29.8. The van der Waals surface area contributed by atoms with Gasteiger partial charge in [0.1, 0.15) is 54.2 Å². The summed E-state index contributed by atoms with van der Waals surface area (Å²) in [6, 6.07) is 0. The van der Waals surface area contributed by atoms with Gasteiger partial charge < -0.3 is 40.4 Å². The van der Waals surface area contributed by atoms with E-state index in [1.807, 2.05) is 0 Å². The lowest BCUT2D eigenvalue weighted by molar-refractivity contribution is -0.0635. The Labute approximate surface area is 249 Å². The van der Waals surface area contributed by atoms with E-state index in [1.165, 1.54) is 28.1 Å². The molecule has 7 N–H and O–H groups in total. The molecule has 0 saturated carbocycles. The normalized spacial score (nSPS) is 38.3. The third kappa shape index (κ3) is 5.15. The van der Waals surface area contributed by atoms with Crippen LogP contribution in [0.25, 0.3) is 22.3 Å². The quantitative estimate of drug-likeness (QED) is 0.167. The zero-order valence-electron chi connectivity index (χ0n) is 22.0. The highest BCUT2D eigenvalue weighted by atomic mass is 32.5. The molecule has 20 nitrogen and oxygen atoms in total. The Balaban J connectivity index is 1.20. The molecule has 44 heavy (non-hydrogen) atoms. The second kappa shape index (κ2) is 10.9. The maximum absolute atomic E-state index is 15.9. The fourth-order valence-corrected chi connectivity index (χ4v) is 7.56. The first-order valence-corrected chi connectivity index (χ1v) is 16.8. The SMILES string of the molecule is Nc1ncnc2c1ncn2[C@@H]1O[C@@H]2COP(O)(=S)O[C@H]3C(O)[C@@H](COP(=O)(O)OC2[C@@H]1F)O[C@H]3n1cnc2c(N)ncnc21. The molecule has 236 valence electrons. The van der Waals surface area contributed by atoms with Crippen molar-refractivity contribution < 1.29 is 51.4 Å². The van der Waals surface area contributed by atoms with Gasteiger partial charge in [-0.05, 0) is 11.8 Å². The molecule has 4 aromatic heterocycles. The maximum atomic E-state index is 15.9. The molecular formula is C20H23FN10O10P2S. The minimum absolute atomic E-state index is 0.0348. The number of nitrogen functional groups attached to an aromatic ring is 2. The van der Waals surface area contributed by atoms with Crippen LogP contribution in [0, 0.1) is 0 Å². The largest absolute Gasteiger partial charge is 0.472 e. The number of aliphatic hydroxyl groups excluding tert-OH is 1. The number of nitrogens with two attached hydrogens (primary N) is 2. The van der Waals surface area contributed by atoms with E-state index in [0.717, 1.165) is 6.33 Å². The summed E-state index contributed by atoms with van der Waals surface area (Å²) in [4.78, 5) is 45.8. The van der Waals surface area contributed by atoms with Crippen molar-refractivity contribution in [3.05, 3.63) is 25.3 Å². The van der Waals surface area contributed by atoms with E-state index in [2.05, 4.69) is 29.9 Å². The van der Waals surface area contributed by atoms with Crippen LogP contribution in [0.15, 0.2) is 25.3 Å². The molecular weight excluding hydrogens is 653 g/mol. The van der Waals surface area contributed by atoms with E-state index < -0.39 is 76.9 Å². The van der Waals surface area contributed by atoms with Crippen molar-refractivity contribution in [1.29, 1.82) is 0 Å².